The molecule has 0 aromatic carbocycles. The molecular formula is C10H10O6S6. The molecule has 2 heterocycles. The van der Waals surface area contributed by atoms with Gasteiger partial charge in [0.2, 0.25) is 0 Å². The minimum Gasteiger partial charge on any atom is -0.270 e. The monoisotopic (exact) mass is 418 g/mol. The van der Waals surface area contributed by atoms with Crippen molar-refractivity contribution in [2.75, 3.05) is 14.2 Å². The van der Waals surface area contributed by atoms with E-state index >= 15 is 0 Å². The average Bonchev–Trinajstić information content (AvgIpc) is 3.14. The van der Waals surface area contributed by atoms with Crippen LogP contribution in [0, 0.1) is 0 Å². The highest BCUT2D eigenvalue weighted by atomic mass is 33.1. The van der Waals surface area contributed by atoms with Gasteiger partial charge < -0.3 is 0 Å². The molecule has 0 fully saturated rings. The first-order valence-electron chi connectivity index (χ1n) is 5.40. The van der Waals surface area contributed by atoms with Crippen molar-refractivity contribution in [2.45, 2.75) is 19.6 Å². The van der Waals surface area contributed by atoms with E-state index in [0.717, 1.165) is 35.8 Å². The summed E-state index contributed by atoms with van der Waals surface area (Å²) in [5.41, 5.74) is 0. The molecule has 0 N–H and O–H groups in total. The summed E-state index contributed by atoms with van der Waals surface area (Å²) in [7, 11) is -3.08. The molecule has 122 valence electrons. The maximum Gasteiger partial charge on any atom is 0.298 e. The Kier molecular flexibility index (Phi) is 5.99. The Bertz CT molecular complexity index is 774. The SMILES string of the molecule is COS(=O)(=O)c1cscc1SSc1cscc1S(=O)(=O)OC. The van der Waals surface area contributed by atoms with Crippen molar-refractivity contribution in [3.63, 3.8) is 0 Å². The molecule has 0 aliphatic carbocycles. The third kappa shape index (κ3) is 3.87. The van der Waals surface area contributed by atoms with Crippen LogP contribution in [0.2, 0.25) is 0 Å². The standard InChI is InChI=1S/C10H10O6S6/c1-15-21(11,12)9-5-17-3-7(9)19-20-8-4-18-6-10(8)22(13,14)16-2/h3-6H,1-2H3. The summed E-state index contributed by atoms with van der Waals surface area (Å²) in [5.74, 6) is 0. The van der Waals surface area contributed by atoms with Crippen molar-refractivity contribution in [2.24, 2.45) is 0 Å². The van der Waals surface area contributed by atoms with E-state index in [2.05, 4.69) is 8.37 Å². The molecule has 22 heavy (non-hydrogen) atoms. The van der Waals surface area contributed by atoms with Crippen LogP contribution in [0.5, 0.6) is 0 Å². The van der Waals surface area contributed by atoms with Gasteiger partial charge in [0.15, 0.2) is 0 Å². The summed E-state index contributed by atoms with van der Waals surface area (Å²) in [5, 5.41) is 6.28. The van der Waals surface area contributed by atoms with Gasteiger partial charge in [-0.05, 0) is 0 Å². The first-order chi connectivity index (χ1) is 10.3. The minimum atomic E-state index is -3.78. The maximum atomic E-state index is 11.8. The number of hydrogen-bond acceptors (Lipinski definition) is 10. The summed E-state index contributed by atoms with van der Waals surface area (Å²) in [6.45, 7) is 0. The molecule has 0 spiro atoms. The smallest absolute Gasteiger partial charge is 0.270 e. The van der Waals surface area contributed by atoms with Crippen LogP contribution >= 0.6 is 44.3 Å². The molecule has 2 aromatic rings. The third-order valence-electron chi connectivity index (χ3n) is 2.38. The fraction of sp³-hybridized carbons (Fsp3) is 0.200. The fourth-order valence-electron chi connectivity index (χ4n) is 1.30. The van der Waals surface area contributed by atoms with Gasteiger partial charge in [-0.3, -0.25) is 8.37 Å². The molecule has 0 atom stereocenters. The van der Waals surface area contributed by atoms with Crippen molar-refractivity contribution in [1.29, 1.82) is 0 Å². The second-order valence-corrected chi connectivity index (χ2v) is 10.7. The zero-order valence-corrected chi connectivity index (χ0v) is 16.1. The Morgan fingerprint density at radius 1 is 0.773 bits per heavy atom. The molecule has 12 heteroatoms. The number of rotatable bonds is 7. The average molecular weight is 419 g/mol. The Balaban J connectivity index is 2.24. The number of thiophene rings is 2. The first-order valence-corrected chi connectivity index (χ1v) is 12.2. The molecule has 0 aliphatic heterocycles. The van der Waals surface area contributed by atoms with Gasteiger partial charge >= 0.3 is 0 Å². The van der Waals surface area contributed by atoms with Gasteiger partial charge in [-0.25, -0.2) is 0 Å². The van der Waals surface area contributed by atoms with E-state index in [4.69, 9.17) is 0 Å². The number of hydrogen-bond donors (Lipinski definition) is 0. The van der Waals surface area contributed by atoms with Crippen LogP contribution in [0.15, 0.2) is 41.1 Å². The molecule has 6 nitrogen and oxygen atoms in total. The van der Waals surface area contributed by atoms with E-state index in [-0.39, 0.29) is 9.79 Å². The lowest BCUT2D eigenvalue weighted by molar-refractivity contribution is 0.395. The van der Waals surface area contributed by atoms with Gasteiger partial charge in [0.1, 0.15) is 9.79 Å². The maximum absolute atomic E-state index is 11.8. The predicted molar refractivity (Wildman–Crippen MR) is 88.7 cm³/mol. The van der Waals surface area contributed by atoms with Gasteiger partial charge in [-0.2, -0.15) is 16.8 Å². The summed E-state index contributed by atoms with van der Waals surface area (Å²) < 4.78 is 56.1. The molecule has 0 unspecified atom stereocenters. The lowest BCUT2D eigenvalue weighted by Crippen LogP contribution is -2.02. The second kappa shape index (κ2) is 7.21. The van der Waals surface area contributed by atoms with Crippen molar-refractivity contribution >= 4 is 64.5 Å². The van der Waals surface area contributed by atoms with Gasteiger partial charge in [-0.15, -0.1) is 22.7 Å². The lowest BCUT2D eigenvalue weighted by atomic mass is 10.7. The Morgan fingerprint density at radius 2 is 1.14 bits per heavy atom. The lowest BCUT2D eigenvalue weighted by Gasteiger charge is -2.04. The second-order valence-electron chi connectivity index (χ2n) is 3.61. The van der Waals surface area contributed by atoms with E-state index in [1.807, 2.05) is 0 Å². The molecule has 0 saturated heterocycles. The van der Waals surface area contributed by atoms with Crippen LogP contribution in [0.4, 0.5) is 0 Å². The molecule has 0 amide bonds. The Hall–Kier alpha value is -0.0800. The van der Waals surface area contributed by atoms with Gasteiger partial charge in [0.05, 0.1) is 24.0 Å². The Morgan fingerprint density at radius 3 is 1.45 bits per heavy atom. The quantitative estimate of drug-likeness (QED) is 0.500. The Labute approximate surface area is 144 Å². The van der Waals surface area contributed by atoms with E-state index in [1.54, 1.807) is 10.8 Å². The van der Waals surface area contributed by atoms with E-state index in [9.17, 15) is 16.8 Å². The van der Waals surface area contributed by atoms with Crippen LogP contribution in [-0.2, 0) is 28.6 Å². The zero-order chi connectivity index (χ0) is 16.4. The highest BCUT2D eigenvalue weighted by Gasteiger charge is 2.23. The molecule has 0 saturated carbocycles. The van der Waals surface area contributed by atoms with Gasteiger partial charge in [-0.1, -0.05) is 21.6 Å². The largest absolute Gasteiger partial charge is 0.298 e. The highest BCUT2D eigenvalue weighted by molar-refractivity contribution is 8.76. The summed E-state index contributed by atoms with van der Waals surface area (Å²) >= 11 is 2.45. The molecular weight excluding hydrogens is 409 g/mol. The summed E-state index contributed by atoms with van der Waals surface area (Å²) in [4.78, 5) is 1.13. The van der Waals surface area contributed by atoms with Crippen molar-refractivity contribution < 1.29 is 25.2 Å². The van der Waals surface area contributed by atoms with Crippen molar-refractivity contribution in [1.82, 2.24) is 0 Å². The van der Waals surface area contributed by atoms with Crippen molar-refractivity contribution in [3.05, 3.63) is 21.5 Å². The molecule has 0 aliphatic rings. The summed E-state index contributed by atoms with van der Waals surface area (Å²) in [6, 6.07) is 0. The molecule has 0 bridgehead atoms. The molecule has 2 rings (SSSR count). The van der Waals surface area contributed by atoms with E-state index in [0.29, 0.717) is 9.79 Å². The van der Waals surface area contributed by atoms with Crippen LogP contribution in [-0.4, -0.2) is 31.1 Å². The molecule has 0 radical (unpaired) electrons. The fourth-order valence-corrected chi connectivity index (χ4v) is 9.06. The zero-order valence-electron chi connectivity index (χ0n) is 11.2. The van der Waals surface area contributed by atoms with Crippen LogP contribution in [0.1, 0.15) is 0 Å². The van der Waals surface area contributed by atoms with E-state index < -0.39 is 20.2 Å². The van der Waals surface area contributed by atoms with Crippen LogP contribution in [0.3, 0.4) is 0 Å². The normalized spacial score (nSPS) is 12.6. The van der Waals surface area contributed by atoms with Crippen LogP contribution in [0.25, 0.3) is 0 Å². The minimum absolute atomic E-state index is 0.0730. The van der Waals surface area contributed by atoms with Crippen LogP contribution < -0.4 is 0 Å². The third-order valence-corrected chi connectivity index (χ3v) is 9.80. The van der Waals surface area contributed by atoms with Gasteiger partial charge in [0.25, 0.3) is 20.2 Å². The van der Waals surface area contributed by atoms with Gasteiger partial charge in [0, 0.05) is 21.5 Å². The first kappa shape index (κ1) is 18.3. The summed E-state index contributed by atoms with van der Waals surface area (Å²) in [6.07, 6.45) is 0. The molecule has 2 aromatic heterocycles. The topological polar surface area (TPSA) is 86.7 Å². The predicted octanol–water partition coefficient (Wildman–Crippen LogP) is 3.28. The van der Waals surface area contributed by atoms with Crippen molar-refractivity contribution in [3.8, 4) is 0 Å². The van der Waals surface area contributed by atoms with E-state index in [1.165, 1.54) is 33.4 Å². The highest BCUT2D eigenvalue weighted by Crippen LogP contribution is 2.45.